The molecular formula is C8H17NO. The van der Waals surface area contributed by atoms with E-state index >= 15 is 0 Å². The van der Waals surface area contributed by atoms with Crippen LogP contribution in [0, 0.1) is 5.92 Å². The Morgan fingerprint density at radius 3 is 3.00 bits per heavy atom. The van der Waals surface area contributed by atoms with E-state index in [0.717, 1.165) is 19.5 Å². The Labute approximate surface area is 62.6 Å². The van der Waals surface area contributed by atoms with Crippen molar-refractivity contribution in [3.8, 4) is 0 Å². The maximum absolute atomic E-state index is 9.08. The predicted molar refractivity (Wildman–Crippen MR) is 41.9 cm³/mol. The highest BCUT2D eigenvalue weighted by Crippen LogP contribution is 2.15. The van der Waals surface area contributed by atoms with E-state index in [1.165, 1.54) is 12.8 Å². The van der Waals surface area contributed by atoms with Gasteiger partial charge < -0.3 is 10.4 Å². The van der Waals surface area contributed by atoms with Crippen LogP contribution in [-0.4, -0.2) is 24.3 Å². The van der Waals surface area contributed by atoms with Gasteiger partial charge in [0.05, 0.1) is 6.10 Å². The van der Waals surface area contributed by atoms with Crippen LogP contribution in [0.1, 0.15) is 26.2 Å². The summed E-state index contributed by atoms with van der Waals surface area (Å²) in [6, 6.07) is 0. The summed E-state index contributed by atoms with van der Waals surface area (Å²) in [4.78, 5) is 0. The van der Waals surface area contributed by atoms with Crippen molar-refractivity contribution in [2.45, 2.75) is 32.3 Å². The lowest BCUT2D eigenvalue weighted by Gasteiger charge is -2.23. The minimum Gasteiger partial charge on any atom is -0.393 e. The van der Waals surface area contributed by atoms with E-state index in [-0.39, 0.29) is 6.10 Å². The highest BCUT2D eigenvalue weighted by Gasteiger charge is 2.14. The number of rotatable bonds is 2. The van der Waals surface area contributed by atoms with Gasteiger partial charge in [-0.1, -0.05) is 0 Å². The van der Waals surface area contributed by atoms with E-state index in [1.807, 2.05) is 6.92 Å². The van der Waals surface area contributed by atoms with Gasteiger partial charge in [-0.25, -0.2) is 0 Å². The van der Waals surface area contributed by atoms with Gasteiger partial charge in [-0.05, 0) is 45.2 Å². The van der Waals surface area contributed by atoms with Crippen molar-refractivity contribution in [1.82, 2.24) is 5.32 Å². The van der Waals surface area contributed by atoms with Crippen LogP contribution in [0.25, 0.3) is 0 Å². The number of aliphatic hydroxyl groups excluding tert-OH is 1. The molecule has 0 aliphatic carbocycles. The summed E-state index contributed by atoms with van der Waals surface area (Å²) in [6.45, 7) is 4.13. The monoisotopic (exact) mass is 143 g/mol. The summed E-state index contributed by atoms with van der Waals surface area (Å²) in [5.41, 5.74) is 0. The van der Waals surface area contributed by atoms with Crippen LogP contribution in [0.3, 0.4) is 0 Å². The summed E-state index contributed by atoms with van der Waals surface area (Å²) < 4.78 is 0. The second-order valence-corrected chi connectivity index (χ2v) is 3.30. The molecule has 0 aromatic rings. The normalized spacial score (nSPS) is 30.0. The molecule has 1 aliphatic rings. The van der Waals surface area contributed by atoms with Crippen LogP contribution in [0.15, 0.2) is 0 Å². The van der Waals surface area contributed by atoms with Gasteiger partial charge in [-0.15, -0.1) is 0 Å². The molecule has 1 fully saturated rings. The zero-order chi connectivity index (χ0) is 7.40. The molecule has 2 nitrogen and oxygen atoms in total. The molecule has 60 valence electrons. The van der Waals surface area contributed by atoms with Crippen molar-refractivity contribution in [2.24, 2.45) is 5.92 Å². The van der Waals surface area contributed by atoms with Gasteiger partial charge in [0.2, 0.25) is 0 Å². The lowest BCUT2D eigenvalue weighted by molar-refractivity contribution is 0.150. The van der Waals surface area contributed by atoms with Crippen LogP contribution in [0.4, 0.5) is 0 Å². The van der Waals surface area contributed by atoms with E-state index in [9.17, 15) is 0 Å². The van der Waals surface area contributed by atoms with Crippen LogP contribution >= 0.6 is 0 Å². The fourth-order valence-corrected chi connectivity index (χ4v) is 1.61. The Hall–Kier alpha value is -0.0800. The summed E-state index contributed by atoms with van der Waals surface area (Å²) in [5.74, 6) is 0.716. The first-order chi connectivity index (χ1) is 4.79. The predicted octanol–water partition coefficient (Wildman–Crippen LogP) is 0.757. The summed E-state index contributed by atoms with van der Waals surface area (Å²) in [6.07, 6.45) is 3.41. The summed E-state index contributed by atoms with van der Waals surface area (Å²) in [7, 11) is 0. The molecule has 2 heteroatoms. The average molecular weight is 143 g/mol. The number of nitrogens with one attached hydrogen (secondary N) is 1. The molecular weight excluding hydrogens is 126 g/mol. The minimum atomic E-state index is -0.120. The Balaban J connectivity index is 2.13. The second-order valence-electron chi connectivity index (χ2n) is 3.30. The molecule has 0 spiro atoms. The van der Waals surface area contributed by atoms with Gasteiger partial charge in [-0.2, -0.15) is 0 Å². The van der Waals surface area contributed by atoms with Gasteiger partial charge in [-0.3, -0.25) is 0 Å². The van der Waals surface area contributed by atoms with E-state index in [2.05, 4.69) is 5.32 Å². The quantitative estimate of drug-likeness (QED) is 0.598. The standard InChI is InChI=1S/C8H17NO/c1-7(10)5-8-3-2-4-9-6-8/h7-10H,2-6H2,1H3. The molecule has 2 atom stereocenters. The maximum Gasteiger partial charge on any atom is 0.0515 e. The molecule has 0 aromatic heterocycles. The van der Waals surface area contributed by atoms with Crippen molar-refractivity contribution < 1.29 is 5.11 Å². The molecule has 1 rings (SSSR count). The number of aliphatic hydroxyl groups is 1. The third-order valence-corrected chi connectivity index (χ3v) is 2.07. The van der Waals surface area contributed by atoms with E-state index in [1.54, 1.807) is 0 Å². The fourth-order valence-electron chi connectivity index (χ4n) is 1.61. The van der Waals surface area contributed by atoms with Crippen LogP contribution < -0.4 is 5.32 Å². The molecule has 2 unspecified atom stereocenters. The van der Waals surface area contributed by atoms with Gasteiger partial charge in [0.15, 0.2) is 0 Å². The third-order valence-electron chi connectivity index (χ3n) is 2.07. The van der Waals surface area contributed by atoms with Gasteiger partial charge in [0.1, 0.15) is 0 Å². The summed E-state index contributed by atoms with van der Waals surface area (Å²) >= 11 is 0. The largest absolute Gasteiger partial charge is 0.393 e. The topological polar surface area (TPSA) is 32.3 Å². The number of hydrogen-bond donors (Lipinski definition) is 2. The van der Waals surface area contributed by atoms with Gasteiger partial charge >= 0.3 is 0 Å². The Bertz CT molecular complexity index is 87.3. The zero-order valence-electron chi connectivity index (χ0n) is 6.64. The third kappa shape index (κ3) is 2.67. The SMILES string of the molecule is CC(O)CC1CCCNC1. The molecule has 10 heavy (non-hydrogen) atoms. The summed E-state index contributed by atoms with van der Waals surface area (Å²) in [5, 5.41) is 12.4. The van der Waals surface area contributed by atoms with E-state index in [4.69, 9.17) is 5.11 Å². The van der Waals surface area contributed by atoms with Crippen molar-refractivity contribution in [3.05, 3.63) is 0 Å². The van der Waals surface area contributed by atoms with Gasteiger partial charge in [0, 0.05) is 0 Å². The minimum absolute atomic E-state index is 0.120. The Morgan fingerprint density at radius 2 is 2.50 bits per heavy atom. The van der Waals surface area contributed by atoms with Crippen LogP contribution in [0.2, 0.25) is 0 Å². The molecule has 1 heterocycles. The lowest BCUT2D eigenvalue weighted by atomic mass is 9.94. The highest BCUT2D eigenvalue weighted by molar-refractivity contribution is 4.70. The number of piperidine rings is 1. The Kier molecular flexibility index (Phi) is 3.16. The molecule has 1 saturated heterocycles. The van der Waals surface area contributed by atoms with E-state index in [0.29, 0.717) is 5.92 Å². The molecule has 0 bridgehead atoms. The lowest BCUT2D eigenvalue weighted by Crippen LogP contribution is -2.31. The van der Waals surface area contributed by atoms with Gasteiger partial charge in [0.25, 0.3) is 0 Å². The first-order valence-electron chi connectivity index (χ1n) is 4.18. The molecule has 0 radical (unpaired) electrons. The van der Waals surface area contributed by atoms with Crippen molar-refractivity contribution in [2.75, 3.05) is 13.1 Å². The zero-order valence-corrected chi connectivity index (χ0v) is 6.64. The maximum atomic E-state index is 9.08. The number of hydrogen-bond acceptors (Lipinski definition) is 2. The van der Waals surface area contributed by atoms with Crippen molar-refractivity contribution >= 4 is 0 Å². The van der Waals surface area contributed by atoms with Crippen molar-refractivity contribution in [3.63, 3.8) is 0 Å². The molecule has 1 aliphatic heterocycles. The molecule has 0 saturated carbocycles. The molecule has 0 aromatic carbocycles. The van der Waals surface area contributed by atoms with Crippen LogP contribution in [-0.2, 0) is 0 Å². The second kappa shape index (κ2) is 3.94. The molecule has 0 amide bonds. The Morgan fingerprint density at radius 1 is 1.70 bits per heavy atom. The first-order valence-corrected chi connectivity index (χ1v) is 4.18. The molecule has 2 N–H and O–H groups in total. The smallest absolute Gasteiger partial charge is 0.0515 e. The fraction of sp³-hybridized carbons (Fsp3) is 1.00. The van der Waals surface area contributed by atoms with Crippen LogP contribution in [0.5, 0.6) is 0 Å². The van der Waals surface area contributed by atoms with Crippen molar-refractivity contribution in [1.29, 1.82) is 0 Å². The highest BCUT2D eigenvalue weighted by atomic mass is 16.3. The average Bonchev–Trinajstić information content (AvgIpc) is 1.88. The van der Waals surface area contributed by atoms with E-state index < -0.39 is 0 Å². The first kappa shape index (κ1) is 8.02.